The molecule has 3 rings (SSSR count). The highest BCUT2D eigenvalue weighted by Crippen LogP contribution is 2.32. The van der Waals surface area contributed by atoms with Crippen LogP contribution >= 0.6 is 11.6 Å². The summed E-state index contributed by atoms with van der Waals surface area (Å²) in [5.74, 6) is 6.35. The molecule has 0 spiro atoms. The van der Waals surface area contributed by atoms with E-state index in [1.807, 2.05) is 43.2 Å². The fourth-order valence-corrected chi connectivity index (χ4v) is 4.97. The fraction of sp³-hybridized carbons (Fsp3) is 0.452. The molecule has 8 heteroatoms. The van der Waals surface area contributed by atoms with Gasteiger partial charge in [0.1, 0.15) is 12.4 Å². The minimum atomic E-state index is -0.0592. The molecule has 1 aromatic rings. The first-order valence-electron chi connectivity index (χ1n) is 13.6. The number of hydrogen-bond donors (Lipinski definition) is 1. The van der Waals surface area contributed by atoms with Crippen molar-refractivity contribution in [3.63, 3.8) is 0 Å². The molecule has 1 aromatic carbocycles. The van der Waals surface area contributed by atoms with Crippen LogP contribution in [0, 0.1) is 11.8 Å². The van der Waals surface area contributed by atoms with Gasteiger partial charge in [-0.3, -0.25) is 4.79 Å². The van der Waals surface area contributed by atoms with Crippen LogP contribution in [0.1, 0.15) is 26.7 Å². The molecule has 0 aliphatic carbocycles. The van der Waals surface area contributed by atoms with Gasteiger partial charge in [-0.1, -0.05) is 48.9 Å². The third kappa shape index (κ3) is 8.93. The van der Waals surface area contributed by atoms with E-state index in [-0.39, 0.29) is 19.1 Å². The number of halogens is 1. The molecule has 2 aliphatic rings. The summed E-state index contributed by atoms with van der Waals surface area (Å²) in [7, 11) is 2.00. The number of likely N-dealkylation sites (tertiary alicyclic amines) is 1. The van der Waals surface area contributed by atoms with Crippen molar-refractivity contribution in [1.82, 2.24) is 20.2 Å². The van der Waals surface area contributed by atoms with E-state index in [1.54, 1.807) is 13.0 Å². The maximum atomic E-state index is 13.1. The van der Waals surface area contributed by atoms with Gasteiger partial charge in [-0.25, -0.2) is 5.01 Å². The molecule has 210 valence electrons. The van der Waals surface area contributed by atoms with Crippen LogP contribution < -0.4 is 15.0 Å². The number of benzene rings is 1. The summed E-state index contributed by atoms with van der Waals surface area (Å²) in [6.45, 7) is 18.2. The summed E-state index contributed by atoms with van der Waals surface area (Å²) >= 11 is 6.42. The van der Waals surface area contributed by atoms with E-state index in [0.717, 1.165) is 44.1 Å². The number of hydrogen-bond acceptors (Lipinski definition) is 6. The van der Waals surface area contributed by atoms with Gasteiger partial charge in [-0.2, -0.15) is 0 Å². The Labute approximate surface area is 239 Å². The first-order chi connectivity index (χ1) is 18.9. The smallest absolute Gasteiger partial charge is 0.239 e. The van der Waals surface area contributed by atoms with Crippen molar-refractivity contribution in [3.05, 3.63) is 71.5 Å². The number of carbonyl (C=O) groups excluding carboxylic acids is 1. The lowest BCUT2D eigenvalue weighted by Crippen LogP contribution is -2.44. The third-order valence-electron chi connectivity index (χ3n) is 7.01. The topological polar surface area (TPSA) is 51.3 Å². The number of anilines is 1. The molecule has 0 unspecified atom stereocenters. The van der Waals surface area contributed by atoms with Gasteiger partial charge in [0.2, 0.25) is 5.91 Å². The van der Waals surface area contributed by atoms with Gasteiger partial charge in [0.25, 0.3) is 0 Å². The van der Waals surface area contributed by atoms with Crippen molar-refractivity contribution in [3.8, 4) is 17.6 Å². The average Bonchev–Trinajstić information content (AvgIpc) is 3.59. The molecule has 1 saturated heterocycles. The number of ether oxygens (including phenoxy) is 1. The highest BCUT2D eigenvalue weighted by atomic mass is 35.5. The summed E-state index contributed by atoms with van der Waals surface area (Å²) in [4.78, 5) is 17.5. The van der Waals surface area contributed by atoms with Gasteiger partial charge >= 0.3 is 0 Å². The second-order valence-corrected chi connectivity index (χ2v) is 10.2. The monoisotopic (exact) mass is 551 g/mol. The van der Waals surface area contributed by atoms with Crippen molar-refractivity contribution in [2.45, 2.75) is 26.7 Å². The van der Waals surface area contributed by atoms with Gasteiger partial charge < -0.3 is 24.9 Å². The van der Waals surface area contributed by atoms with Crippen molar-refractivity contribution >= 4 is 23.2 Å². The van der Waals surface area contributed by atoms with Crippen LogP contribution in [0.5, 0.6) is 5.75 Å². The molecule has 0 atom stereocenters. The minimum Gasteiger partial charge on any atom is -0.479 e. The molecular weight excluding hydrogens is 510 g/mol. The third-order valence-corrected chi connectivity index (χ3v) is 7.24. The van der Waals surface area contributed by atoms with Gasteiger partial charge in [-0.15, -0.1) is 5.92 Å². The molecule has 2 aliphatic heterocycles. The predicted molar refractivity (Wildman–Crippen MR) is 162 cm³/mol. The van der Waals surface area contributed by atoms with E-state index < -0.39 is 0 Å². The zero-order chi connectivity index (χ0) is 28.2. The predicted octanol–water partition coefficient (Wildman–Crippen LogP) is 4.50. The number of allylic oxidation sites excluding steroid dienone is 1. The highest BCUT2D eigenvalue weighted by molar-refractivity contribution is 6.31. The maximum Gasteiger partial charge on any atom is 0.239 e. The Morgan fingerprint density at radius 1 is 1.23 bits per heavy atom. The fourth-order valence-electron chi connectivity index (χ4n) is 4.80. The number of amides is 1. The Bertz CT molecular complexity index is 1140. The SMILES string of the molecule is C=CC1=C(/C=C\C)CN(N(C)C(=C)CN(CC(=O)NCCN2CCCC2)c2cc(Cl)ccc2OCC#CC)C1. The number of nitrogens with one attached hydrogen (secondary N) is 1. The lowest BCUT2D eigenvalue weighted by atomic mass is 10.1. The molecule has 0 radical (unpaired) electrons. The van der Waals surface area contributed by atoms with Gasteiger partial charge in [0.15, 0.2) is 0 Å². The van der Waals surface area contributed by atoms with Crippen LogP contribution in [0.4, 0.5) is 5.69 Å². The standard InChI is InChI=1S/C31H42ClN5O2/c1-6-9-19-39-30-14-13-28(32)20-29(30)36(24-31(38)33-15-18-35-16-10-11-17-35)21-25(4)34(5)37-22-26(8-3)27(23-37)12-7-2/h7-8,12-14,20H,3-4,10-11,15-19,21-24H2,1-2,5H3,(H,33,38)/b12-7-. The molecule has 2 heterocycles. The number of carbonyl (C=O) groups is 1. The second-order valence-electron chi connectivity index (χ2n) is 9.75. The Morgan fingerprint density at radius 3 is 2.67 bits per heavy atom. The number of nitrogens with zero attached hydrogens (tertiary/aromatic N) is 4. The summed E-state index contributed by atoms with van der Waals surface area (Å²) in [6, 6.07) is 5.44. The Balaban J connectivity index is 1.75. The van der Waals surface area contributed by atoms with E-state index in [4.69, 9.17) is 16.3 Å². The Morgan fingerprint density at radius 2 is 1.97 bits per heavy atom. The quantitative estimate of drug-likeness (QED) is 0.344. The van der Waals surface area contributed by atoms with E-state index >= 15 is 0 Å². The normalized spacial score (nSPS) is 15.8. The van der Waals surface area contributed by atoms with Crippen molar-refractivity contribution in [2.24, 2.45) is 0 Å². The lowest BCUT2D eigenvalue weighted by molar-refractivity contribution is -0.119. The number of rotatable bonds is 14. The molecule has 1 N–H and O–H groups in total. The summed E-state index contributed by atoms with van der Waals surface area (Å²) in [5, 5.41) is 7.93. The van der Waals surface area contributed by atoms with E-state index in [1.165, 1.54) is 24.0 Å². The van der Waals surface area contributed by atoms with Gasteiger partial charge in [-0.05, 0) is 69.1 Å². The van der Waals surface area contributed by atoms with E-state index in [9.17, 15) is 4.79 Å². The number of likely N-dealkylation sites (N-methyl/N-ethyl adjacent to an activating group) is 1. The first kappa shape index (κ1) is 30.4. The molecule has 1 fully saturated rings. The number of hydrazine groups is 1. The van der Waals surface area contributed by atoms with E-state index in [2.05, 4.69) is 51.3 Å². The van der Waals surface area contributed by atoms with Crippen molar-refractivity contribution < 1.29 is 9.53 Å². The summed E-state index contributed by atoms with van der Waals surface area (Å²) < 4.78 is 5.96. The maximum absolute atomic E-state index is 13.1. The van der Waals surface area contributed by atoms with Crippen LogP contribution in [0.15, 0.2) is 66.4 Å². The van der Waals surface area contributed by atoms with Crippen molar-refractivity contribution in [1.29, 1.82) is 0 Å². The molecule has 0 aromatic heterocycles. The van der Waals surface area contributed by atoms with Crippen LogP contribution in [0.3, 0.4) is 0 Å². The van der Waals surface area contributed by atoms with Crippen LogP contribution in [-0.4, -0.2) is 86.8 Å². The minimum absolute atomic E-state index is 0.0592. The summed E-state index contributed by atoms with van der Waals surface area (Å²) in [6.07, 6.45) is 8.55. The second kappa shape index (κ2) is 15.4. The summed E-state index contributed by atoms with van der Waals surface area (Å²) in [5.41, 5.74) is 4.00. The van der Waals surface area contributed by atoms with Crippen LogP contribution in [0.25, 0.3) is 0 Å². The Kier molecular flexibility index (Phi) is 12.0. The molecule has 1 amide bonds. The molecule has 7 nitrogen and oxygen atoms in total. The van der Waals surface area contributed by atoms with E-state index in [0.29, 0.717) is 23.9 Å². The van der Waals surface area contributed by atoms with Gasteiger partial charge in [0.05, 0.1) is 18.8 Å². The van der Waals surface area contributed by atoms with Crippen molar-refractivity contribution in [2.75, 3.05) is 70.9 Å². The van der Waals surface area contributed by atoms with Gasteiger partial charge in [0, 0.05) is 43.9 Å². The Hall–Kier alpha value is -3.18. The lowest BCUT2D eigenvalue weighted by Gasteiger charge is -2.35. The largest absolute Gasteiger partial charge is 0.479 e. The zero-order valence-electron chi connectivity index (χ0n) is 23.6. The molecule has 39 heavy (non-hydrogen) atoms. The van der Waals surface area contributed by atoms with Crippen LogP contribution in [-0.2, 0) is 4.79 Å². The van der Waals surface area contributed by atoms with Crippen LogP contribution in [0.2, 0.25) is 5.02 Å². The average molecular weight is 552 g/mol. The highest BCUT2D eigenvalue weighted by Gasteiger charge is 2.25. The zero-order valence-corrected chi connectivity index (χ0v) is 24.4. The molecular formula is C31H42ClN5O2. The first-order valence-corrected chi connectivity index (χ1v) is 13.9. The molecule has 0 saturated carbocycles. The molecule has 0 bridgehead atoms.